The van der Waals surface area contributed by atoms with E-state index in [4.69, 9.17) is 4.74 Å². The fourth-order valence-corrected chi connectivity index (χ4v) is 1.06. The third-order valence-electron chi connectivity index (χ3n) is 1.57. The highest BCUT2D eigenvalue weighted by Crippen LogP contribution is 1.96. The Kier molecular flexibility index (Phi) is 7.34. The Bertz CT molecular complexity index is 176. The van der Waals surface area contributed by atoms with Gasteiger partial charge in [0, 0.05) is 18.7 Å². The van der Waals surface area contributed by atoms with Crippen molar-refractivity contribution in [3.8, 4) is 0 Å². The number of carbonyl (C=O) groups excluding carboxylic acids is 1. The summed E-state index contributed by atoms with van der Waals surface area (Å²) in [6.07, 6.45) is 1.03. The zero-order valence-electron chi connectivity index (χ0n) is 10.4. The fourth-order valence-electron chi connectivity index (χ4n) is 1.06. The highest BCUT2D eigenvalue weighted by Gasteiger charge is 2.12. The van der Waals surface area contributed by atoms with Gasteiger partial charge < -0.3 is 15.4 Å². The number of hydrogen-bond donors (Lipinski definition) is 2. The molecule has 4 nitrogen and oxygen atoms in total. The van der Waals surface area contributed by atoms with Crippen LogP contribution in [0.2, 0.25) is 0 Å². The number of nitrogens with one attached hydrogen (secondary N) is 2. The van der Waals surface area contributed by atoms with Crippen molar-refractivity contribution < 1.29 is 9.53 Å². The zero-order chi connectivity index (χ0) is 11.7. The minimum atomic E-state index is -0.155. The minimum absolute atomic E-state index is 0.0259. The van der Waals surface area contributed by atoms with E-state index < -0.39 is 0 Å². The maximum atomic E-state index is 11.3. The summed E-state index contributed by atoms with van der Waals surface area (Å²) in [5.41, 5.74) is -0.155. The molecule has 0 unspecified atom stereocenters. The monoisotopic (exact) mass is 216 g/mol. The predicted octanol–water partition coefficient (Wildman–Crippen LogP) is 0.917. The third kappa shape index (κ3) is 11.3. The van der Waals surface area contributed by atoms with Crippen molar-refractivity contribution in [1.82, 2.24) is 10.6 Å². The van der Waals surface area contributed by atoms with Gasteiger partial charge in [0.25, 0.3) is 0 Å². The van der Waals surface area contributed by atoms with E-state index in [9.17, 15) is 4.79 Å². The van der Waals surface area contributed by atoms with Crippen LogP contribution in [-0.2, 0) is 9.53 Å². The second-order valence-electron chi connectivity index (χ2n) is 4.59. The molecule has 1 amide bonds. The Hall–Kier alpha value is -0.610. The van der Waals surface area contributed by atoms with Crippen LogP contribution in [0.5, 0.6) is 0 Å². The molecule has 0 radical (unpaired) electrons. The van der Waals surface area contributed by atoms with Gasteiger partial charge in [-0.05, 0) is 27.2 Å². The minimum Gasteiger partial charge on any atom is -0.380 e. The normalized spacial score (nSPS) is 11.5. The highest BCUT2D eigenvalue weighted by molar-refractivity contribution is 5.78. The van der Waals surface area contributed by atoms with Crippen molar-refractivity contribution in [3.63, 3.8) is 0 Å². The summed E-state index contributed by atoms with van der Waals surface area (Å²) >= 11 is 0. The van der Waals surface area contributed by atoms with E-state index in [-0.39, 0.29) is 11.4 Å². The van der Waals surface area contributed by atoms with Gasteiger partial charge in [-0.3, -0.25) is 4.79 Å². The van der Waals surface area contributed by atoms with Gasteiger partial charge in [0.1, 0.15) is 0 Å². The number of amides is 1. The quantitative estimate of drug-likeness (QED) is 0.622. The first kappa shape index (κ1) is 14.4. The summed E-state index contributed by atoms with van der Waals surface area (Å²) < 4.78 is 5.27. The van der Waals surface area contributed by atoms with Crippen molar-refractivity contribution in [2.45, 2.75) is 39.7 Å². The molecule has 0 saturated carbocycles. The first-order valence-corrected chi connectivity index (χ1v) is 5.55. The Labute approximate surface area is 92.8 Å². The van der Waals surface area contributed by atoms with Gasteiger partial charge in [-0.1, -0.05) is 6.92 Å². The molecule has 15 heavy (non-hydrogen) atoms. The molecule has 90 valence electrons. The molecule has 4 heteroatoms. The van der Waals surface area contributed by atoms with Gasteiger partial charge in [0.15, 0.2) is 0 Å². The van der Waals surface area contributed by atoms with Crippen LogP contribution in [0.25, 0.3) is 0 Å². The molecular weight excluding hydrogens is 192 g/mol. The molecule has 0 aliphatic rings. The SMILES string of the molecule is CCCOCCNCC(=O)NC(C)(C)C. The Morgan fingerprint density at radius 1 is 1.27 bits per heavy atom. The number of ether oxygens (including phenoxy) is 1. The van der Waals surface area contributed by atoms with Crippen molar-refractivity contribution in [2.75, 3.05) is 26.3 Å². The predicted molar refractivity (Wildman–Crippen MR) is 61.9 cm³/mol. The molecular formula is C11H24N2O2. The van der Waals surface area contributed by atoms with Crippen molar-refractivity contribution in [3.05, 3.63) is 0 Å². The van der Waals surface area contributed by atoms with Gasteiger partial charge in [0.2, 0.25) is 5.91 Å². The van der Waals surface area contributed by atoms with Crippen molar-refractivity contribution in [1.29, 1.82) is 0 Å². The maximum Gasteiger partial charge on any atom is 0.234 e. The van der Waals surface area contributed by atoms with Gasteiger partial charge in [0.05, 0.1) is 13.2 Å². The van der Waals surface area contributed by atoms with E-state index in [1.54, 1.807) is 0 Å². The summed E-state index contributed by atoms with van der Waals surface area (Å²) in [5, 5.41) is 5.91. The first-order valence-electron chi connectivity index (χ1n) is 5.55. The van der Waals surface area contributed by atoms with Crippen LogP contribution in [0.3, 0.4) is 0 Å². The van der Waals surface area contributed by atoms with Gasteiger partial charge >= 0.3 is 0 Å². The second kappa shape index (κ2) is 7.65. The average molecular weight is 216 g/mol. The molecule has 0 bridgehead atoms. The zero-order valence-corrected chi connectivity index (χ0v) is 10.4. The molecule has 0 aliphatic carbocycles. The summed E-state index contributed by atoms with van der Waals surface area (Å²) in [5.74, 6) is 0.0259. The van der Waals surface area contributed by atoms with Crippen molar-refractivity contribution in [2.24, 2.45) is 0 Å². The third-order valence-corrected chi connectivity index (χ3v) is 1.57. The molecule has 0 aromatic carbocycles. The Balaban J connectivity index is 3.32. The Morgan fingerprint density at radius 3 is 2.47 bits per heavy atom. The van der Waals surface area contributed by atoms with Crippen LogP contribution in [0.15, 0.2) is 0 Å². The first-order chi connectivity index (χ1) is 6.95. The summed E-state index contributed by atoms with van der Waals surface area (Å²) in [4.78, 5) is 11.3. The van der Waals surface area contributed by atoms with Crippen LogP contribution < -0.4 is 10.6 Å². The smallest absolute Gasteiger partial charge is 0.234 e. The van der Waals surface area contributed by atoms with Crippen LogP contribution in [0.1, 0.15) is 34.1 Å². The van der Waals surface area contributed by atoms with Gasteiger partial charge in [-0.25, -0.2) is 0 Å². The largest absolute Gasteiger partial charge is 0.380 e. The molecule has 0 saturated heterocycles. The molecule has 0 fully saturated rings. The van der Waals surface area contributed by atoms with Gasteiger partial charge in [-0.2, -0.15) is 0 Å². The van der Waals surface area contributed by atoms with Crippen LogP contribution in [-0.4, -0.2) is 37.7 Å². The summed E-state index contributed by atoms with van der Waals surface area (Å²) in [7, 11) is 0. The topological polar surface area (TPSA) is 50.4 Å². The molecule has 0 aromatic heterocycles. The molecule has 0 aliphatic heterocycles. The number of rotatable bonds is 7. The lowest BCUT2D eigenvalue weighted by molar-refractivity contribution is -0.121. The lowest BCUT2D eigenvalue weighted by Crippen LogP contribution is -2.45. The average Bonchev–Trinajstić information content (AvgIpc) is 2.08. The van der Waals surface area contributed by atoms with E-state index in [1.165, 1.54) is 0 Å². The standard InChI is InChI=1S/C11H24N2O2/c1-5-7-15-8-6-12-9-10(14)13-11(2,3)4/h12H,5-9H2,1-4H3,(H,13,14). The Morgan fingerprint density at radius 2 is 1.93 bits per heavy atom. The van der Waals surface area contributed by atoms with E-state index in [0.29, 0.717) is 13.2 Å². The molecule has 0 aromatic rings. The summed E-state index contributed by atoms with van der Waals surface area (Å²) in [6.45, 7) is 10.5. The van der Waals surface area contributed by atoms with Crippen LogP contribution in [0, 0.1) is 0 Å². The highest BCUT2D eigenvalue weighted by atomic mass is 16.5. The fraction of sp³-hybridized carbons (Fsp3) is 0.909. The lowest BCUT2D eigenvalue weighted by Gasteiger charge is -2.20. The van der Waals surface area contributed by atoms with E-state index >= 15 is 0 Å². The van der Waals surface area contributed by atoms with Crippen LogP contribution in [0.4, 0.5) is 0 Å². The summed E-state index contributed by atoms with van der Waals surface area (Å²) in [6, 6.07) is 0. The van der Waals surface area contributed by atoms with E-state index in [0.717, 1.165) is 19.6 Å². The molecule has 0 heterocycles. The molecule has 2 N–H and O–H groups in total. The molecule has 0 spiro atoms. The van der Waals surface area contributed by atoms with Gasteiger partial charge in [-0.15, -0.1) is 0 Å². The van der Waals surface area contributed by atoms with Crippen molar-refractivity contribution >= 4 is 5.91 Å². The van der Waals surface area contributed by atoms with Crippen LogP contribution >= 0.6 is 0 Å². The maximum absolute atomic E-state index is 11.3. The van der Waals surface area contributed by atoms with E-state index in [1.807, 2.05) is 20.8 Å². The lowest BCUT2D eigenvalue weighted by atomic mass is 10.1. The molecule has 0 rings (SSSR count). The number of hydrogen-bond acceptors (Lipinski definition) is 3. The second-order valence-corrected chi connectivity index (χ2v) is 4.59. The number of carbonyl (C=O) groups is 1. The van der Waals surface area contributed by atoms with E-state index in [2.05, 4.69) is 17.6 Å². The molecule has 0 atom stereocenters.